The minimum Gasteiger partial charge on any atom is -0.369 e. The highest BCUT2D eigenvalue weighted by Crippen LogP contribution is 2.34. The van der Waals surface area contributed by atoms with E-state index in [9.17, 15) is 36.3 Å². The summed E-state index contributed by atoms with van der Waals surface area (Å²) in [5.74, 6) is -9.27. The van der Waals surface area contributed by atoms with Gasteiger partial charge in [-0.05, 0) is 30.2 Å². The average molecular weight is 573 g/mol. The molecule has 4 rings (SSSR count). The lowest BCUT2D eigenvalue weighted by atomic mass is 9.81. The van der Waals surface area contributed by atoms with E-state index < -0.39 is 66.4 Å². The van der Waals surface area contributed by atoms with E-state index in [2.05, 4.69) is 10.3 Å². The lowest BCUT2D eigenvalue weighted by molar-refractivity contribution is -0.144. The van der Waals surface area contributed by atoms with Crippen molar-refractivity contribution in [2.75, 3.05) is 11.9 Å². The van der Waals surface area contributed by atoms with Gasteiger partial charge in [-0.1, -0.05) is 54.6 Å². The highest BCUT2D eigenvalue weighted by molar-refractivity contribution is 6.20. The van der Waals surface area contributed by atoms with Crippen molar-refractivity contribution < 1.29 is 36.3 Å². The Balaban J connectivity index is 1.76. The molecule has 0 unspecified atom stereocenters. The molecule has 3 atom stereocenters. The Kier molecular flexibility index (Phi) is 8.50. The van der Waals surface area contributed by atoms with Crippen molar-refractivity contribution in [1.82, 2.24) is 5.32 Å². The topological polar surface area (TPSA) is 105 Å². The van der Waals surface area contributed by atoms with E-state index in [0.717, 1.165) is 6.07 Å². The van der Waals surface area contributed by atoms with E-state index >= 15 is 0 Å². The first kappa shape index (κ1) is 29.4. The van der Waals surface area contributed by atoms with Crippen LogP contribution in [0.15, 0.2) is 77.8 Å². The van der Waals surface area contributed by atoms with Crippen molar-refractivity contribution in [3.63, 3.8) is 0 Å². The van der Waals surface area contributed by atoms with Gasteiger partial charge in [-0.25, -0.2) is 13.8 Å². The van der Waals surface area contributed by atoms with Gasteiger partial charge < -0.3 is 16.0 Å². The highest BCUT2D eigenvalue weighted by atomic mass is 19.4. The molecule has 214 valence electrons. The minimum absolute atomic E-state index is 0.288. The number of amides is 3. The molecule has 0 bridgehead atoms. The molecule has 0 radical (unpaired) electrons. The van der Waals surface area contributed by atoms with Crippen LogP contribution < -0.4 is 16.0 Å². The second kappa shape index (κ2) is 11.9. The number of rotatable bonds is 8. The summed E-state index contributed by atoms with van der Waals surface area (Å²) < 4.78 is 67.3. The molecule has 1 aliphatic rings. The molecule has 12 heteroatoms. The number of nitrogens with two attached hydrogens (primary N) is 1. The van der Waals surface area contributed by atoms with Crippen LogP contribution in [-0.4, -0.2) is 42.8 Å². The number of alkyl halides is 3. The van der Waals surface area contributed by atoms with Crippen LogP contribution in [0.25, 0.3) is 0 Å². The number of fused-ring (bicyclic) bond motifs is 1. The van der Waals surface area contributed by atoms with Crippen molar-refractivity contribution in [1.29, 1.82) is 0 Å². The summed E-state index contributed by atoms with van der Waals surface area (Å²) in [6.07, 6.45) is -8.72. The fourth-order valence-corrected chi connectivity index (χ4v) is 4.75. The standard InChI is InChI=1S/C29H25F5N4O3/c1-38-22-10-6-5-9-18(22)24(16-7-3-2-4-8-16)36-26(28(38)41)37-27(40)19(13-14-29(32,33)34)23(25(35)39)17-11-12-20(30)21(31)15-17/h2-12,15,19,23,26H,13-14H2,1H3,(H2,35,39)(H,37,40)/t19-,23+,26-/m1/s1. The van der Waals surface area contributed by atoms with E-state index in [1.165, 1.54) is 11.9 Å². The molecule has 0 aliphatic carbocycles. The minimum atomic E-state index is -4.71. The molecule has 0 saturated carbocycles. The summed E-state index contributed by atoms with van der Waals surface area (Å²) in [5, 5.41) is 2.38. The zero-order chi connectivity index (χ0) is 29.9. The molecular weight excluding hydrogens is 547 g/mol. The van der Waals surface area contributed by atoms with E-state index in [1.54, 1.807) is 54.6 Å². The summed E-state index contributed by atoms with van der Waals surface area (Å²) in [6, 6.07) is 17.8. The number of primary amides is 1. The number of nitrogens with zero attached hydrogens (tertiary/aromatic N) is 2. The van der Waals surface area contributed by atoms with Gasteiger partial charge in [-0.15, -0.1) is 0 Å². The SMILES string of the molecule is CN1C(=O)[C@@H](NC(=O)[C@H](CCC(F)(F)F)[C@@H](C(N)=O)c2ccc(F)c(F)c2)N=C(c2ccccc2)c2ccccc21. The first-order valence-corrected chi connectivity index (χ1v) is 12.5. The molecular formula is C29H25F5N4O3. The zero-order valence-electron chi connectivity index (χ0n) is 21.7. The third-order valence-corrected chi connectivity index (χ3v) is 6.76. The average Bonchev–Trinajstić information content (AvgIpc) is 3.03. The summed E-state index contributed by atoms with van der Waals surface area (Å²) in [4.78, 5) is 45.3. The van der Waals surface area contributed by atoms with E-state index in [-0.39, 0.29) is 5.56 Å². The van der Waals surface area contributed by atoms with Crippen LogP contribution in [0.3, 0.4) is 0 Å². The molecule has 1 aliphatic heterocycles. The second-order valence-electron chi connectivity index (χ2n) is 9.48. The van der Waals surface area contributed by atoms with E-state index in [0.29, 0.717) is 34.7 Å². The van der Waals surface area contributed by atoms with Gasteiger partial charge in [-0.3, -0.25) is 14.4 Å². The number of halogens is 5. The number of para-hydroxylation sites is 1. The number of benzene rings is 3. The Hall–Kier alpha value is -4.61. The molecule has 41 heavy (non-hydrogen) atoms. The third-order valence-electron chi connectivity index (χ3n) is 6.76. The van der Waals surface area contributed by atoms with Crippen molar-refractivity contribution in [2.45, 2.75) is 31.1 Å². The lowest BCUT2D eigenvalue weighted by Gasteiger charge is -2.27. The number of benzodiazepines with no additional fused rings is 1. The first-order valence-electron chi connectivity index (χ1n) is 12.5. The van der Waals surface area contributed by atoms with Gasteiger partial charge in [-0.2, -0.15) is 13.2 Å². The van der Waals surface area contributed by atoms with Crippen LogP contribution in [0.1, 0.15) is 35.4 Å². The Bertz CT molecular complexity index is 1490. The van der Waals surface area contributed by atoms with Crippen LogP contribution in [0, 0.1) is 17.6 Å². The molecule has 0 spiro atoms. The smallest absolute Gasteiger partial charge is 0.369 e. The molecule has 3 amide bonds. The van der Waals surface area contributed by atoms with E-state index in [4.69, 9.17) is 5.73 Å². The maximum absolute atomic E-state index is 14.0. The summed E-state index contributed by atoms with van der Waals surface area (Å²) in [7, 11) is 1.46. The number of hydrogen-bond donors (Lipinski definition) is 2. The summed E-state index contributed by atoms with van der Waals surface area (Å²) in [6.45, 7) is 0. The molecule has 3 N–H and O–H groups in total. The molecule has 7 nitrogen and oxygen atoms in total. The van der Waals surface area contributed by atoms with Crippen LogP contribution in [0.4, 0.5) is 27.6 Å². The zero-order valence-corrected chi connectivity index (χ0v) is 21.7. The largest absolute Gasteiger partial charge is 0.389 e. The number of aliphatic imine (C=N–C) groups is 1. The van der Waals surface area contributed by atoms with Crippen molar-refractivity contribution in [2.24, 2.45) is 16.6 Å². The van der Waals surface area contributed by atoms with Gasteiger partial charge in [0.2, 0.25) is 18.0 Å². The van der Waals surface area contributed by atoms with Crippen molar-refractivity contribution in [3.8, 4) is 0 Å². The maximum atomic E-state index is 14.0. The second-order valence-corrected chi connectivity index (χ2v) is 9.48. The molecule has 3 aromatic carbocycles. The Morgan fingerprint density at radius 3 is 2.29 bits per heavy atom. The Morgan fingerprint density at radius 2 is 1.66 bits per heavy atom. The Morgan fingerprint density at radius 1 is 1.00 bits per heavy atom. The predicted octanol–water partition coefficient (Wildman–Crippen LogP) is 4.45. The summed E-state index contributed by atoms with van der Waals surface area (Å²) >= 11 is 0. The quantitative estimate of drug-likeness (QED) is 0.390. The first-order chi connectivity index (χ1) is 19.4. The number of nitrogens with one attached hydrogen (secondary N) is 1. The van der Waals surface area contributed by atoms with Crippen LogP contribution in [0.2, 0.25) is 0 Å². The number of likely N-dealkylation sites (N-methyl/N-ethyl adjacent to an activating group) is 1. The van der Waals surface area contributed by atoms with Gasteiger partial charge in [0.1, 0.15) is 0 Å². The molecule has 0 saturated heterocycles. The molecule has 0 fully saturated rings. The van der Waals surface area contributed by atoms with Crippen LogP contribution in [-0.2, 0) is 14.4 Å². The van der Waals surface area contributed by atoms with Gasteiger partial charge in [0.15, 0.2) is 11.6 Å². The highest BCUT2D eigenvalue weighted by Gasteiger charge is 2.40. The number of anilines is 1. The fourth-order valence-electron chi connectivity index (χ4n) is 4.75. The third kappa shape index (κ3) is 6.59. The van der Waals surface area contributed by atoms with Gasteiger partial charge >= 0.3 is 6.18 Å². The molecule has 3 aromatic rings. The molecule has 0 aromatic heterocycles. The van der Waals surface area contributed by atoms with Crippen LogP contribution in [0.5, 0.6) is 0 Å². The van der Waals surface area contributed by atoms with Gasteiger partial charge in [0.05, 0.1) is 23.2 Å². The number of carbonyl (C=O) groups excluding carboxylic acids is 3. The van der Waals surface area contributed by atoms with Crippen molar-refractivity contribution in [3.05, 3.63) is 101 Å². The monoisotopic (exact) mass is 572 g/mol. The normalized spacial score (nSPS) is 16.7. The van der Waals surface area contributed by atoms with Gasteiger partial charge in [0.25, 0.3) is 5.91 Å². The predicted molar refractivity (Wildman–Crippen MR) is 141 cm³/mol. The van der Waals surface area contributed by atoms with Crippen molar-refractivity contribution >= 4 is 29.1 Å². The maximum Gasteiger partial charge on any atom is 0.389 e. The summed E-state index contributed by atoms with van der Waals surface area (Å²) in [5.41, 5.74) is 7.17. The van der Waals surface area contributed by atoms with Crippen LogP contribution >= 0.6 is 0 Å². The Labute approximate surface area is 231 Å². The fraction of sp³-hybridized carbons (Fsp3) is 0.241. The van der Waals surface area contributed by atoms with E-state index in [1.807, 2.05) is 0 Å². The number of carbonyl (C=O) groups is 3. The molecule has 1 heterocycles. The lowest BCUT2D eigenvalue weighted by Crippen LogP contribution is -2.49. The van der Waals surface area contributed by atoms with Gasteiger partial charge in [0, 0.05) is 24.6 Å². The number of hydrogen-bond acceptors (Lipinski definition) is 4.